The summed E-state index contributed by atoms with van der Waals surface area (Å²) in [5.41, 5.74) is -4.64. The fourth-order valence-corrected chi connectivity index (χ4v) is 3.45. The van der Waals surface area contributed by atoms with Crippen molar-refractivity contribution in [3.05, 3.63) is 34.4 Å². The number of nitrogens with zero attached hydrogens (tertiary/aromatic N) is 2. The summed E-state index contributed by atoms with van der Waals surface area (Å²) in [5, 5.41) is 13.6. The van der Waals surface area contributed by atoms with Crippen LogP contribution in [0.2, 0.25) is 0 Å². The van der Waals surface area contributed by atoms with Crippen LogP contribution in [0.5, 0.6) is 0 Å². The van der Waals surface area contributed by atoms with Crippen molar-refractivity contribution in [1.29, 1.82) is 0 Å². The normalized spacial score (nSPS) is 17.6. The van der Waals surface area contributed by atoms with Gasteiger partial charge in [-0.2, -0.15) is 17.5 Å². The van der Waals surface area contributed by atoms with E-state index in [0.717, 1.165) is 0 Å². The molecule has 7 nitrogen and oxygen atoms in total. The lowest BCUT2D eigenvalue weighted by atomic mass is 9.98. The first-order valence-corrected chi connectivity index (χ1v) is 8.60. The minimum atomic E-state index is -5.27. The number of hydrogen-bond acceptors (Lipinski definition) is 5. The maximum atomic E-state index is 12.5. The van der Waals surface area contributed by atoms with Gasteiger partial charge < -0.3 is 5.32 Å². The van der Waals surface area contributed by atoms with Crippen LogP contribution in [0, 0.1) is 16.0 Å². The third kappa shape index (κ3) is 4.15. The van der Waals surface area contributed by atoms with Gasteiger partial charge in [-0.1, -0.05) is 0 Å². The van der Waals surface area contributed by atoms with Crippen molar-refractivity contribution < 1.29 is 26.5 Å². The molecular weight excluding hydrogens is 351 g/mol. The predicted molar refractivity (Wildman–Crippen MR) is 80.9 cm³/mol. The first-order chi connectivity index (χ1) is 11.1. The third-order valence-corrected chi connectivity index (χ3v) is 5.51. The minimum absolute atomic E-state index is 0.0277. The zero-order valence-electron chi connectivity index (χ0n) is 12.5. The van der Waals surface area contributed by atoms with Gasteiger partial charge in [-0.25, -0.2) is 8.42 Å². The lowest BCUT2D eigenvalue weighted by Crippen LogP contribution is -2.45. The average molecular weight is 367 g/mol. The van der Waals surface area contributed by atoms with Crippen molar-refractivity contribution in [2.24, 2.45) is 5.92 Å². The van der Waals surface area contributed by atoms with E-state index < -0.39 is 20.5 Å². The van der Waals surface area contributed by atoms with Gasteiger partial charge >= 0.3 is 15.5 Å². The lowest BCUT2D eigenvalue weighted by molar-refractivity contribution is -0.384. The first kappa shape index (κ1) is 18.5. The monoisotopic (exact) mass is 367 g/mol. The van der Waals surface area contributed by atoms with Crippen LogP contribution in [-0.2, 0) is 10.0 Å². The maximum absolute atomic E-state index is 12.5. The molecule has 0 aliphatic carbocycles. The summed E-state index contributed by atoms with van der Waals surface area (Å²) >= 11 is 0. The SMILES string of the molecule is O=[N+]([O-])c1ccc(NCC2CCN(S(=O)(=O)C(F)(F)F)CC2)cc1. The highest BCUT2D eigenvalue weighted by Crippen LogP contribution is 2.30. The van der Waals surface area contributed by atoms with E-state index in [1.165, 1.54) is 12.1 Å². The molecule has 1 aromatic rings. The Balaban J connectivity index is 1.84. The summed E-state index contributed by atoms with van der Waals surface area (Å²) in [4.78, 5) is 10.0. The highest BCUT2D eigenvalue weighted by Gasteiger charge is 2.50. The van der Waals surface area contributed by atoms with Crippen molar-refractivity contribution in [3.63, 3.8) is 0 Å². The molecule has 0 bridgehead atoms. The molecule has 1 aromatic carbocycles. The standard InChI is InChI=1S/C13H16F3N3O4S/c14-13(15,16)24(22,23)18-7-5-10(6-8-18)9-17-11-1-3-12(4-2-11)19(20)21/h1-4,10,17H,5-9H2. The molecule has 0 spiro atoms. The Bertz CT molecular complexity index is 683. The summed E-state index contributed by atoms with van der Waals surface area (Å²) in [6, 6.07) is 5.78. The molecule has 134 valence electrons. The maximum Gasteiger partial charge on any atom is 0.511 e. The summed E-state index contributed by atoms with van der Waals surface area (Å²) in [6.07, 6.45) is 0.630. The van der Waals surface area contributed by atoms with Crippen molar-refractivity contribution in [2.45, 2.75) is 18.3 Å². The number of piperidine rings is 1. The Morgan fingerprint density at radius 2 is 1.75 bits per heavy atom. The van der Waals surface area contributed by atoms with Gasteiger partial charge in [-0.15, -0.1) is 0 Å². The number of anilines is 1. The van der Waals surface area contributed by atoms with Crippen LogP contribution in [0.1, 0.15) is 12.8 Å². The van der Waals surface area contributed by atoms with Crippen molar-refractivity contribution in [1.82, 2.24) is 4.31 Å². The molecule has 24 heavy (non-hydrogen) atoms. The Morgan fingerprint density at radius 1 is 1.21 bits per heavy atom. The molecule has 0 atom stereocenters. The van der Waals surface area contributed by atoms with Crippen molar-refractivity contribution >= 4 is 21.4 Å². The van der Waals surface area contributed by atoms with Gasteiger partial charge in [0.25, 0.3) is 5.69 Å². The molecular formula is C13H16F3N3O4S. The van der Waals surface area contributed by atoms with Crippen LogP contribution in [0.15, 0.2) is 24.3 Å². The van der Waals surface area contributed by atoms with Gasteiger partial charge in [0.2, 0.25) is 0 Å². The smallest absolute Gasteiger partial charge is 0.385 e. The molecule has 0 radical (unpaired) electrons. The lowest BCUT2D eigenvalue weighted by Gasteiger charge is -2.31. The molecule has 2 rings (SSSR count). The highest BCUT2D eigenvalue weighted by molar-refractivity contribution is 7.90. The second kappa shape index (κ2) is 6.93. The van der Waals surface area contributed by atoms with Crippen LogP contribution in [-0.4, -0.2) is 42.8 Å². The number of benzene rings is 1. The predicted octanol–water partition coefficient (Wildman–Crippen LogP) is 2.57. The number of alkyl halides is 3. The van der Waals surface area contributed by atoms with Gasteiger partial charge in [0.1, 0.15) is 0 Å². The van der Waals surface area contributed by atoms with E-state index in [0.29, 0.717) is 29.4 Å². The number of nitro groups is 1. The van der Waals surface area contributed by atoms with Gasteiger partial charge in [0, 0.05) is 37.5 Å². The quantitative estimate of drug-likeness (QED) is 0.638. The molecule has 1 fully saturated rings. The Labute approximate surface area is 136 Å². The topological polar surface area (TPSA) is 92.6 Å². The molecule has 1 heterocycles. The van der Waals surface area contributed by atoms with E-state index in [1.807, 2.05) is 0 Å². The molecule has 1 N–H and O–H groups in total. The molecule has 0 aromatic heterocycles. The summed E-state index contributed by atoms with van der Waals surface area (Å²) in [6.45, 7) is 0.112. The first-order valence-electron chi connectivity index (χ1n) is 7.16. The fraction of sp³-hybridized carbons (Fsp3) is 0.538. The third-order valence-electron chi connectivity index (χ3n) is 3.88. The average Bonchev–Trinajstić information content (AvgIpc) is 2.52. The van der Waals surface area contributed by atoms with Gasteiger partial charge in [0.05, 0.1) is 4.92 Å². The van der Waals surface area contributed by atoms with Gasteiger partial charge in [-0.3, -0.25) is 10.1 Å². The number of sulfonamides is 1. The fourth-order valence-electron chi connectivity index (χ4n) is 2.46. The van der Waals surface area contributed by atoms with Crippen LogP contribution < -0.4 is 5.32 Å². The number of nitrogens with one attached hydrogen (secondary N) is 1. The zero-order valence-corrected chi connectivity index (χ0v) is 13.3. The van der Waals surface area contributed by atoms with E-state index in [-0.39, 0.29) is 24.7 Å². The van der Waals surface area contributed by atoms with Crippen molar-refractivity contribution in [2.75, 3.05) is 25.0 Å². The summed E-state index contributed by atoms with van der Waals surface area (Å²) in [7, 11) is -5.25. The van der Waals surface area contributed by atoms with Crippen LogP contribution in [0.3, 0.4) is 0 Å². The largest absolute Gasteiger partial charge is 0.511 e. The molecule has 0 saturated carbocycles. The van der Waals surface area contributed by atoms with Gasteiger partial charge in [0.15, 0.2) is 0 Å². The minimum Gasteiger partial charge on any atom is -0.385 e. The summed E-state index contributed by atoms with van der Waals surface area (Å²) in [5.74, 6) is 0.0277. The number of rotatable bonds is 5. The van der Waals surface area contributed by atoms with E-state index >= 15 is 0 Å². The molecule has 1 aliphatic heterocycles. The number of hydrogen-bond donors (Lipinski definition) is 1. The molecule has 1 aliphatic rings. The van der Waals surface area contributed by atoms with Gasteiger partial charge in [-0.05, 0) is 30.9 Å². The Morgan fingerprint density at radius 3 is 2.21 bits per heavy atom. The Hall–Kier alpha value is -1.88. The van der Waals surface area contributed by atoms with Crippen LogP contribution >= 0.6 is 0 Å². The number of halogens is 3. The molecule has 1 saturated heterocycles. The van der Waals surface area contributed by atoms with Crippen LogP contribution in [0.4, 0.5) is 24.5 Å². The second-order valence-corrected chi connectivity index (χ2v) is 7.41. The highest BCUT2D eigenvalue weighted by atomic mass is 32.2. The van der Waals surface area contributed by atoms with E-state index in [2.05, 4.69) is 5.32 Å². The molecule has 0 unspecified atom stereocenters. The van der Waals surface area contributed by atoms with Crippen molar-refractivity contribution in [3.8, 4) is 0 Å². The van der Waals surface area contributed by atoms with E-state index in [4.69, 9.17) is 0 Å². The second-order valence-electron chi connectivity index (χ2n) is 5.48. The number of non-ortho nitro benzene ring substituents is 1. The van der Waals surface area contributed by atoms with E-state index in [1.54, 1.807) is 12.1 Å². The Kier molecular flexibility index (Phi) is 5.33. The molecule has 11 heteroatoms. The zero-order chi connectivity index (χ0) is 18.0. The molecule has 0 amide bonds. The summed E-state index contributed by atoms with van der Waals surface area (Å²) < 4.78 is 60.5. The van der Waals surface area contributed by atoms with E-state index in [9.17, 15) is 31.7 Å². The van der Waals surface area contributed by atoms with Crippen LogP contribution in [0.25, 0.3) is 0 Å². The number of nitro benzene ring substituents is 1.